The van der Waals surface area contributed by atoms with Crippen LogP contribution in [0.15, 0.2) is 70.0 Å². The van der Waals surface area contributed by atoms with Crippen LogP contribution in [-0.2, 0) is 4.79 Å². The van der Waals surface area contributed by atoms with Gasteiger partial charge in [-0.3, -0.25) is 9.59 Å². The van der Waals surface area contributed by atoms with E-state index in [0.717, 1.165) is 32.5 Å². The number of carbonyl (C=O) groups excluding carboxylic acids is 2. The number of thioether (sulfide) groups is 1. The van der Waals surface area contributed by atoms with Crippen molar-refractivity contribution in [2.75, 3.05) is 4.90 Å². The van der Waals surface area contributed by atoms with Crippen molar-refractivity contribution in [1.29, 1.82) is 0 Å². The molecule has 0 radical (unpaired) electrons. The molecule has 1 aliphatic rings. The highest BCUT2D eigenvalue weighted by molar-refractivity contribution is 8.19. The molecule has 5 rings (SSSR count). The lowest BCUT2D eigenvalue weighted by Gasteiger charge is -2.14. The van der Waals surface area contributed by atoms with Crippen molar-refractivity contribution in [2.45, 2.75) is 6.92 Å². The number of thiazole rings is 1. The molecule has 29 heavy (non-hydrogen) atoms. The molecule has 1 saturated heterocycles. The fourth-order valence-electron chi connectivity index (χ4n) is 3.14. The molecule has 0 saturated carbocycles. The maximum absolute atomic E-state index is 12.8. The Balaban J connectivity index is 1.45. The van der Waals surface area contributed by atoms with E-state index >= 15 is 0 Å². The second-order valence-corrected chi connectivity index (χ2v) is 8.52. The van der Waals surface area contributed by atoms with Crippen molar-refractivity contribution in [3.63, 3.8) is 0 Å². The Labute approximate surface area is 174 Å². The lowest BCUT2D eigenvalue weighted by atomic mass is 10.2. The Morgan fingerprint density at radius 3 is 2.62 bits per heavy atom. The molecule has 5 nitrogen and oxygen atoms in total. The maximum atomic E-state index is 12.8. The van der Waals surface area contributed by atoms with E-state index in [1.807, 2.05) is 55.5 Å². The number of rotatable bonds is 3. The highest BCUT2D eigenvalue weighted by Gasteiger charge is 2.37. The summed E-state index contributed by atoms with van der Waals surface area (Å²) in [4.78, 5) is 31.4. The van der Waals surface area contributed by atoms with Gasteiger partial charge in [-0.2, -0.15) is 0 Å². The number of imide groups is 1. The number of amides is 2. The number of carbonyl (C=O) groups is 2. The minimum Gasteiger partial charge on any atom is -0.454 e. The van der Waals surface area contributed by atoms with Gasteiger partial charge in [-0.1, -0.05) is 30.3 Å². The fourth-order valence-corrected chi connectivity index (χ4v) is 4.88. The van der Waals surface area contributed by atoms with Crippen molar-refractivity contribution in [2.24, 2.45) is 0 Å². The molecule has 2 aromatic carbocycles. The summed E-state index contributed by atoms with van der Waals surface area (Å²) in [7, 11) is 0. The maximum Gasteiger partial charge on any atom is 0.298 e. The van der Waals surface area contributed by atoms with Gasteiger partial charge in [0.05, 0.1) is 20.8 Å². The second-order valence-electron chi connectivity index (χ2n) is 6.49. The third kappa shape index (κ3) is 3.18. The number of anilines is 1. The Morgan fingerprint density at radius 1 is 1.00 bits per heavy atom. The Morgan fingerprint density at radius 2 is 1.79 bits per heavy atom. The molecule has 2 amide bonds. The molecule has 0 aliphatic carbocycles. The van der Waals surface area contributed by atoms with Gasteiger partial charge in [-0.25, -0.2) is 9.88 Å². The summed E-state index contributed by atoms with van der Waals surface area (Å²) in [6, 6.07) is 18.8. The summed E-state index contributed by atoms with van der Waals surface area (Å²) in [5.74, 6) is 0.803. The number of hydrogen-bond acceptors (Lipinski definition) is 6. The van der Waals surface area contributed by atoms with Gasteiger partial charge in [0.2, 0.25) is 0 Å². The van der Waals surface area contributed by atoms with Crippen molar-refractivity contribution in [3.05, 3.63) is 76.9 Å². The summed E-state index contributed by atoms with van der Waals surface area (Å²) < 4.78 is 6.97. The lowest BCUT2D eigenvalue weighted by molar-refractivity contribution is -0.113. The molecule has 142 valence electrons. The summed E-state index contributed by atoms with van der Waals surface area (Å²) >= 11 is 2.46. The Kier molecular flexibility index (Phi) is 4.34. The van der Waals surface area contributed by atoms with E-state index < -0.39 is 0 Å². The zero-order valence-electron chi connectivity index (χ0n) is 15.3. The molecule has 1 fully saturated rings. The first-order chi connectivity index (χ1) is 14.1. The van der Waals surface area contributed by atoms with E-state index in [0.29, 0.717) is 22.1 Å². The molecule has 2 aromatic heterocycles. The number of hydrogen-bond donors (Lipinski definition) is 0. The highest BCUT2D eigenvalue weighted by Crippen LogP contribution is 2.38. The molecular weight excluding hydrogens is 404 g/mol. The van der Waals surface area contributed by atoms with Crippen LogP contribution in [0.4, 0.5) is 10.5 Å². The standard InChI is InChI=1S/C22H14N2O3S2/c1-13-6-2-4-8-16(13)24-21(25)19(29-22(24)26)12-14-10-11-17(27-14)20-23-15-7-3-5-9-18(15)28-20/h2-12H,1H3. The predicted octanol–water partition coefficient (Wildman–Crippen LogP) is 6.11. The monoisotopic (exact) mass is 418 g/mol. The van der Waals surface area contributed by atoms with E-state index in [1.165, 1.54) is 4.90 Å². The smallest absolute Gasteiger partial charge is 0.298 e. The molecule has 1 aliphatic heterocycles. The van der Waals surface area contributed by atoms with Crippen LogP contribution in [0.1, 0.15) is 11.3 Å². The van der Waals surface area contributed by atoms with Crippen molar-refractivity contribution >= 4 is 56.2 Å². The minimum atomic E-state index is -0.341. The van der Waals surface area contributed by atoms with Crippen LogP contribution in [0.2, 0.25) is 0 Å². The first-order valence-corrected chi connectivity index (χ1v) is 10.5. The first kappa shape index (κ1) is 17.9. The summed E-state index contributed by atoms with van der Waals surface area (Å²) in [6.07, 6.45) is 1.61. The SMILES string of the molecule is Cc1ccccc1N1C(=O)SC(=Cc2ccc(-c3nc4ccccc4s3)o2)C1=O. The van der Waals surface area contributed by atoms with Gasteiger partial charge in [0, 0.05) is 6.08 Å². The molecule has 0 atom stereocenters. The van der Waals surface area contributed by atoms with E-state index in [4.69, 9.17) is 4.42 Å². The van der Waals surface area contributed by atoms with Gasteiger partial charge in [-0.15, -0.1) is 11.3 Å². The Hall–Kier alpha value is -3.16. The quantitative estimate of drug-likeness (QED) is 0.376. The van der Waals surface area contributed by atoms with Gasteiger partial charge in [0.15, 0.2) is 10.8 Å². The second kappa shape index (κ2) is 7.02. The first-order valence-electron chi connectivity index (χ1n) is 8.89. The van der Waals surface area contributed by atoms with Crippen LogP contribution in [0, 0.1) is 6.92 Å². The van der Waals surface area contributed by atoms with Gasteiger partial charge in [-0.05, 0) is 54.6 Å². The van der Waals surface area contributed by atoms with Crippen LogP contribution in [-0.4, -0.2) is 16.1 Å². The molecule has 3 heterocycles. The summed E-state index contributed by atoms with van der Waals surface area (Å²) in [5, 5.41) is 0.465. The Bertz CT molecular complexity index is 1270. The number of benzene rings is 2. The zero-order valence-corrected chi connectivity index (χ0v) is 16.9. The van der Waals surface area contributed by atoms with E-state index in [-0.39, 0.29) is 11.1 Å². The molecule has 0 spiro atoms. The van der Waals surface area contributed by atoms with Crippen LogP contribution >= 0.6 is 23.1 Å². The third-order valence-electron chi connectivity index (χ3n) is 4.55. The highest BCUT2D eigenvalue weighted by atomic mass is 32.2. The molecule has 0 unspecified atom stereocenters. The average molecular weight is 418 g/mol. The number of para-hydroxylation sites is 2. The van der Waals surface area contributed by atoms with Crippen molar-refractivity contribution in [3.8, 4) is 10.8 Å². The fraction of sp³-hybridized carbons (Fsp3) is 0.0455. The van der Waals surface area contributed by atoms with Crippen LogP contribution in [0.5, 0.6) is 0 Å². The number of furan rings is 1. The van der Waals surface area contributed by atoms with E-state index in [1.54, 1.807) is 29.5 Å². The summed E-state index contributed by atoms with van der Waals surface area (Å²) in [5.41, 5.74) is 2.39. The number of fused-ring (bicyclic) bond motifs is 1. The largest absolute Gasteiger partial charge is 0.454 e. The van der Waals surface area contributed by atoms with Gasteiger partial charge in [0.1, 0.15) is 5.76 Å². The molecule has 4 aromatic rings. The topological polar surface area (TPSA) is 63.4 Å². The van der Waals surface area contributed by atoms with E-state index in [2.05, 4.69) is 4.98 Å². The molecule has 0 bridgehead atoms. The lowest BCUT2D eigenvalue weighted by Crippen LogP contribution is -2.28. The molecular formula is C22H14N2O3S2. The van der Waals surface area contributed by atoms with Crippen LogP contribution in [0.3, 0.4) is 0 Å². The van der Waals surface area contributed by atoms with Gasteiger partial charge >= 0.3 is 0 Å². The molecule has 0 N–H and O–H groups in total. The minimum absolute atomic E-state index is 0.312. The third-order valence-corrected chi connectivity index (χ3v) is 6.48. The number of aromatic nitrogens is 1. The van der Waals surface area contributed by atoms with Crippen LogP contribution < -0.4 is 4.90 Å². The van der Waals surface area contributed by atoms with Crippen molar-refractivity contribution in [1.82, 2.24) is 4.98 Å². The number of aryl methyl sites for hydroxylation is 1. The molecule has 7 heteroatoms. The average Bonchev–Trinajstić information content (AvgIpc) is 3.41. The van der Waals surface area contributed by atoms with Crippen molar-refractivity contribution < 1.29 is 14.0 Å². The van der Waals surface area contributed by atoms with Gasteiger partial charge in [0.25, 0.3) is 11.1 Å². The van der Waals surface area contributed by atoms with Gasteiger partial charge < -0.3 is 4.42 Å². The van der Waals surface area contributed by atoms with Crippen LogP contribution in [0.25, 0.3) is 27.1 Å². The zero-order chi connectivity index (χ0) is 20.0. The number of nitrogens with zero attached hydrogens (tertiary/aromatic N) is 2. The predicted molar refractivity (Wildman–Crippen MR) is 117 cm³/mol. The normalized spacial score (nSPS) is 15.8. The van der Waals surface area contributed by atoms with E-state index in [9.17, 15) is 9.59 Å². The summed E-state index contributed by atoms with van der Waals surface area (Å²) in [6.45, 7) is 1.87.